The molecule has 8 nitrogen and oxygen atoms in total. The molecule has 0 aliphatic carbocycles. The number of benzene rings is 1. The molecule has 0 heterocycles. The lowest BCUT2D eigenvalue weighted by atomic mass is 10.0. The van der Waals surface area contributed by atoms with Gasteiger partial charge in [-0.25, -0.2) is 4.79 Å². The van der Waals surface area contributed by atoms with E-state index < -0.39 is 29.9 Å². The fraction of sp³-hybridized carbons (Fsp3) is 0.400. The number of methoxy groups -OCH3 is 1. The van der Waals surface area contributed by atoms with Gasteiger partial charge in [0.25, 0.3) is 0 Å². The normalized spacial score (nSPS) is 12.8. The van der Waals surface area contributed by atoms with Crippen molar-refractivity contribution in [1.82, 2.24) is 10.6 Å². The van der Waals surface area contributed by atoms with Gasteiger partial charge in [0.15, 0.2) is 11.5 Å². The molecule has 0 fully saturated rings. The Labute approximate surface area is 144 Å². The number of rotatable bonds is 7. The Kier molecular flexibility index (Phi) is 7.37. The topological polar surface area (TPSA) is 125 Å². The molecular weight excluding hydrogens is 336 g/mol. The largest absolute Gasteiger partial charge is 0.504 e. The number of carbonyl (C=O) groups excluding carboxylic acids is 3. The van der Waals surface area contributed by atoms with Gasteiger partial charge in [0.1, 0.15) is 12.1 Å². The molecular formula is C15H20N2O6S. The number of hydrogen-bond acceptors (Lipinski definition) is 7. The summed E-state index contributed by atoms with van der Waals surface area (Å²) in [6.07, 6.45) is 0.0553. The van der Waals surface area contributed by atoms with Crippen molar-refractivity contribution in [3.63, 3.8) is 0 Å². The third kappa shape index (κ3) is 5.65. The molecule has 0 bridgehead atoms. The van der Waals surface area contributed by atoms with Crippen LogP contribution in [0.3, 0.4) is 0 Å². The molecule has 2 amide bonds. The van der Waals surface area contributed by atoms with Gasteiger partial charge in [-0.05, 0) is 17.7 Å². The molecule has 0 aliphatic heterocycles. The van der Waals surface area contributed by atoms with Crippen LogP contribution in [0.2, 0.25) is 0 Å². The fourth-order valence-electron chi connectivity index (χ4n) is 1.98. The van der Waals surface area contributed by atoms with Crippen LogP contribution in [0, 0.1) is 0 Å². The molecule has 0 saturated heterocycles. The lowest BCUT2D eigenvalue weighted by molar-refractivity contribution is -0.144. The molecule has 0 aromatic heterocycles. The highest BCUT2D eigenvalue weighted by Gasteiger charge is 2.26. The van der Waals surface area contributed by atoms with Crippen molar-refractivity contribution in [2.45, 2.75) is 25.4 Å². The van der Waals surface area contributed by atoms with Gasteiger partial charge in [-0.15, -0.1) is 0 Å². The summed E-state index contributed by atoms with van der Waals surface area (Å²) >= 11 is 3.98. The van der Waals surface area contributed by atoms with Crippen molar-refractivity contribution in [2.24, 2.45) is 0 Å². The smallest absolute Gasteiger partial charge is 0.329 e. The highest BCUT2D eigenvalue weighted by molar-refractivity contribution is 7.80. The zero-order valence-corrected chi connectivity index (χ0v) is 14.2. The van der Waals surface area contributed by atoms with Crippen molar-refractivity contribution in [3.05, 3.63) is 23.8 Å². The summed E-state index contributed by atoms with van der Waals surface area (Å²) in [4.78, 5) is 35.2. The van der Waals surface area contributed by atoms with Gasteiger partial charge in [-0.2, -0.15) is 12.6 Å². The number of hydrogen-bond donors (Lipinski definition) is 5. The molecule has 0 spiro atoms. The fourth-order valence-corrected chi connectivity index (χ4v) is 2.22. The summed E-state index contributed by atoms with van der Waals surface area (Å²) in [6, 6.07) is 2.15. The van der Waals surface area contributed by atoms with Gasteiger partial charge in [0, 0.05) is 19.1 Å². The maximum absolute atomic E-state index is 12.3. The molecule has 2 atom stereocenters. The van der Waals surface area contributed by atoms with Gasteiger partial charge < -0.3 is 25.6 Å². The highest BCUT2D eigenvalue weighted by atomic mass is 32.1. The summed E-state index contributed by atoms with van der Waals surface area (Å²) in [5.74, 6) is -2.27. The van der Waals surface area contributed by atoms with Crippen LogP contribution in [0.5, 0.6) is 11.5 Å². The monoisotopic (exact) mass is 356 g/mol. The van der Waals surface area contributed by atoms with Gasteiger partial charge in [0.05, 0.1) is 7.11 Å². The van der Waals surface area contributed by atoms with Crippen LogP contribution >= 0.6 is 12.6 Å². The molecule has 9 heteroatoms. The Morgan fingerprint density at radius 1 is 1.17 bits per heavy atom. The minimum Gasteiger partial charge on any atom is -0.504 e. The van der Waals surface area contributed by atoms with Crippen LogP contribution in [-0.2, 0) is 25.5 Å². The molecule has 1 aromatic rings. The van der Waals surface area contributed by atoms with Gasteiger partial charge in [-0.3, -0.25) is 9.59 Å². The third-order valence-electron chi connectivity index (χ3n) is 3.16. The van der Waals surface area contributed by atoms with E-state index in [0.29, 0.717) is 5.56 Å². The van der Waals surface area contributed by atoms with Crippen LogP contribution in [0.15, 0.2) is 18.2 Å². The summed E-state index contributed by atoms with van der Waals surface area (Å²) in [7, 11) is 1.19. The SMILES string of the molecule is COC(=O)[C@H](CS)NC(=O)[C@H](Cc1ccc(O)c(O)c1)NC(C)=O. The van der Waals surface area contributed by atoms with Crippen LogP contribution in [0.4, 0.5) is 0 Å². The van der Waals surface area contributed by atoms with E-state index in [1.54, 1.807) is 0 Å². The van der Waals surface area contributed by atoms with E-state index >= 15 is 0 Å². The average Bonchev–Trinajstić information content (AvgIpc) is 2.54. The predicted molar refractivity (Wildman–Crippen MR) is 88.9 cm³/mol. The van der Waals surface area contributed by atoms with Crippen LogP contribution in [-0.4, -0.2) is 52.9 Å². The second-order valence-electron chi connectivity index (χ2n) is 5.05. The molecule has 0 saturated carbocycles. The van der Waals surface area contributed by atoms with Crippen molar-refractivity contribution in [2.75, 3.05) is 12.9 Å². The minimum atomic E-state index is -0.974. The zero-order chi connectivity index (χ0) is 18.3. The van der Waals surface area contributed by atoms with Crippen LogP contribution in [0.25, 0.3) is 0 Å². The highest BCUT2D eigenvalue weighted by Crippen LogP contribution is 2.25. The van der Waals surface area contributed by atoms with Crippen molar-refractivity contribution in [1.29, 1.82) is 0 Å². The number of carbonyl (C=O) groups is 3. The second kappa shape index (κ2) is 9.02. The number of phenols is 2. The Morgan fingerprint density at radius 3 is 2.33 bits per heavy atom. The molecule has 1 aromatic carbocycles. The first-order chi connectivity index (χ1) is 11.3. The lowest BCUT2D eigenvalue weighted by Gasteiger charge is -2.21. The summed E-state index contributed by atoms with van der Waals surface area (Å²) in [5, 5.41) is 23.8. The van der Waals surface area contributed by atoms with Crippen molar-refractivity contribution in [3.8, 4) is 11.5 Å². The first-order valence-electron chi connectivity index (χ1n) is 7.05. The number of ether oxygens (including phenoxy) is 1. The van der Waals surface area contributed by atoms with Crippen molar-refractivity contribution >= 4 is 30.4 Å². The molecule has 24 heavy (non-hydrogen) atoms. The molecule has 0 aliphatic rings. The Balaban J connectivity index is 2.90. The first-order valence-corrected chi connectivity index (χ1v) is 7.68. The zero-order valence-electron chi connectivity index (χ0n) is 13.3. The first kappa shape index (κ1) is 19.6. The molecule has 1 rings (SSSR count). The maximum atomic E-state index is 12.3. The van der Waals surface area contributed by atoms with E-state index in [1.807, 2.05) is 0 Å². The quantitative estimate of drug-likeness (QED) is 0.260. The van der Waals surface area contributed by atoms with E-state index in [4.69, 9.17) is 0 Å². The van der Waals surface area contributed by atoms with E-state index in [1.165, 1.54) is 32.2 Å². The van der Waals surface area contributed by atoms with E-state index in [2.05, 4.69) is 28.0 Å². The van der Waals surface area contributed by atoms with E-state index in [9.17, 15) is 24.6 Å². The molecule has 0 radical (unpaired) electrons. The van der Waals surface area contributed by atoms with Gasteiger partial charge in [-0.1, -0.05) is 6.07 Å². The minimum absolute atomic E-state index is 0.0329. The number of esters is 1. The average molecular weight is 356 g/mol. The molecule has 0 unspecified atom stereocenters. The summed E-state index contributed by atoms with van der Waals surface area (Å²) < 4.78 is 4.56. The van der Waals surface area contributed by atoms with Gasteiger partial charge >= 0.3 is 5.97 Å². The lowest BCUT2D eigenvalue weighted by Crippen LogP contribution is -2.53. The number of phenolic OH excluding ortho intramolecular Hbond substituents is 2. The summed E-state index contributed by atoms with van der Waals surface area (Å²) in [6.45, 7) is 1.25. The van der Waals surface area contributed by atoms with Crippen molar-refractivity contribution < 1.29 is 29.3 Å². The number of amides is 2. The summed E-state index contributed by atoms with van der Waals surface area (Å²) in [5.41, 5.74) is 0.514. The Morgan fingerprint density at radius 2 is 1.83 bits per heavy atom. The van der Waals surface area contributed by atoms with Crippen LogP contribution in [0.1, 0.15) is 12.5 Å². The number of nitrogens with one attached hydrogen (secondary N) is 2. The molecule has 132 valence electrons. The third-order valence-corrected chi connectivity index (χ3v) is 3.52. The Hall–Kier alpha value is -2.42. The maximum Gasteiger partial charge on any atom is 0.329 e. The predicted octanol–water partition coefficient (Wildman–Crippen LogP) is -0.267. The Bertz CT molecular complexity index is 622. The van der Waals surface area contributed by atoms with E-state index in [0.717, 1.165) is 0 Å². The number of thiol groups is 1. The van der Waals surface area contributed by atoms with Gasteiger partial charge in [0.2, 0.25) is 11.8 Å². The number of aromatic hydroxyl groups is 2. The van der Waals surface area contributed by atoms with E-state index in [-0.39, 0.29) is 23.7 Å². The second-order valence-corrected chi connectivity index (χ2v) is 5.41. The standard InChI is InChI=1S/C15H20N2O6S/c1-8(18)16-10(5-9-3-4-12(19)13(20)6-9)14(21)17-11(7-24)15(22)23-2/h3-4,6,10-11,19-20,24H,5,7H2,1-2H3,(H,16,18)(H,17,21)/t10-,11-/m0/s1. The van der Waals surface area contributed by atoms with Crippen LogP contribution < -0.4 is 10.6 Å². The molecule has 4 N–H and O–H groups in total.